The van der Waals surface area contributed by atoms with Crippen molar-refractivity contribution in [2.75, 3.05) is 0 Å². The van der Waals surface area contributed by atoms with Gasteiger partial charge in [-0.3, -0.25) is 0 Å². The largest absolute Gasteiger partial charge is 0.391 e. The van der Waals surface area contributed by atoms with Crippen molar-refractivity contribution in [1.29, 1.82) is 0 Å². The van der Waals surface area contributed by atoms with E-state index in [-0.39, 0.29) is 6.42 Å². The average molecular weight is 351 g/mol. The third-order valence-electron chi connectivity index (χ3n) is 4.22. The van der Waals surface area contributed by atoms with Gasteiger partial charge in [0.15, 0.2) is 0 Å². The SMILES string of the molecule is N[C@@H](Cc1ccccc1)C(=O)OC(=O)[C@@H](N)Cc1c[nH]c2ccccc12. The second-order valence-electron chi connectivity index (χ2n) is 6.21. The van der Waals surface area contributed by atoms with E-state index in [0.717, 1.165) is 22.0 Å². The summed E-state index contributed by atoms with van der Waals surface area (Å²) in [6, 6.07) is 15.2. The van der Waals surface area contributed by atoms with E-state index in [1.165, 1.54) is 0 Å². The van der Waals surface area contributed by atoms with E-state index in [4.69, 9.17) is 16.2 Å². The summed E-state index contributed by atoms with van der Waals surface area (Å²) in [5.74, 6) is -1.54. The molecule has 1 aromatic heterocycles. The summed E-state index contributed by atoms with van der Waals surface area (Å²) in [6.07, 6.45) is 2.37. The lowest BCUT2D eigenvalue weighted by Gasteiger charge is -2.13. The molecule has 0 unspecified atom stereocenters. The standard InChI is InChI=1S/C20H21N3O3/c21-16(10-13-6-2-1-3-7-13)19(24)26-20(25)17(22)11-14-12-23-18-9-5-4-8-15(14)18/h1-9,12,16-17,23H,10-11,21-22H2/t16-,17-/m0/s1. The highest BCUT2D eigenvalue weighted by Crippen LogP contribution is 2.19. The van der Waals surface area contributed by atoms with Crippen LogP contribution in [-0.4, -0.2) is 29.0 Å². The molecule has 0 spiro atoms. The lowest BCUT2D eigenvalue weighted by Crippen LogP contribution is -2.41. The van der Waals surface area contributed by atoms with Gasteiger partial charge in [-0.05, 0) is 23.6 Å². The van der Waals surface area contributed by atoms with Crippen molar-refractivity contribution in [2.24, 2.45) is 11.5 Å². The minimum atomic E-state index is -0.943. The molecular formula is C20H21N3O3. The maximum atomic E-state index is 12.1. The van der Waals surface area contributed by atoms with E-state index >= 15 is 0 Å². The maximum absolute atomic E-state index is 12.1. The predicted octanol–water partition coefficient (Wildman–Crippen LogP) is 1.68. The first kappa shape index (κ1) is 17.8. The van der Waals surface area contributed by atoms with Crippen LogP contribution in [0.2, 0.25) is 0 Å². The molecule has 26 heavy (non-hydrogen) atoms. The summed E-state index contributed by atoms with van der Waals surface area (Å²) < 4.78 is 4.87. The number of nitrogens with one attached hydrogen (secondary N) is 1. The van der Waals surface area contributed by atoms with Gasteiger partial charge in [0.25, 0.3) is 0 Å². The first-order valence-corrected chi connectivity index (χ1v) is 8.40. The Balaban J connectivity index is 1.57. The van der Waals surface area contributed by atoms with Crippen LogP contribution >= 0.6 is 0 Å². The van der Waals surface area contributed by atoms with Gasteiger partial charge in [-0.25, -0.2) is 9.59 Å². The summed E-state index contributed by atoms with van der Waals surface area (Å²) in [4.78, 5) is 27.3. The van der Waals surface area contributed by atoms with Crippen molar-refractivity contribution in [3.8, 4) is 0 Å². The Morgan fingerprint density at radius 2 is 1.50 bits per heavy atom. The molecule has 6 heteroatoms. The van der Waals surface area contributed by atoms with E-state index < -0.39 is 24.0 Å². The normalized spacial score (nSPS) is 13.3. The van der Waals surface area contributed by atoms with Gasteiger partial charge in [0.1, 0.15) is 12.1 Å². The molecule has 2 aromatic carbocycles. The number of hydrogen-bond donors (Lipinski definition) is 3. The number of aromatic amines is 1. The number of rotatable bonds is 6. The summed E-state index contributed by atoms with van der Waals surface area (Å²) in [7, 11) is 0. The molecule has 3 aromatic rings. The second-order valence-corrected chi connectivity index (χ2v) is 6.21. The number of hydrogen-bond acceptors (Lipinski definition) is 5. The fraction of sp³-hybridized carbons (Fsp3) is 0.200. The highest BCUT2D eigenvalue weighted by Gasteiger charge is 2.24. The van der Waals surface area contributed by atoms with Gasteiger partial charge >= 0.3 is 11.9 Å². The summed E-state index contributed by atoms with van der Waals surface area (Å²) in [5, 5.41) is 0.989. The third-order valence-corrected chi connectivity index (χ3v) is 4.22. The number of esters is 2. The molecule has 0 bridgehead atoms. The van der Waals surface area contributed by atoms with Crippen LogP contribution in [0, 0.1) is 0 Å². The van der Waals surface area contributed by atoms with Gasteiger partial charge in [0, 0.05) is 23.5 Å². The fourth-order valence-electron chi connectivity index (χ4n) is 2.82. The summed E-state index contributed by atoms with van der Waals surface area (Å²) >= 11 is 0. The van der Waals surface area contributed by atoms with E-state index in [1.807, 2.05) is 54.6 Å². The maximum Gasteiger partial charge on any atom is 0.330 e. The second kappa shape index (κ2) is 7.95. The highest BCUT2D eigenvalue weighted by atomic mass is 16.6. The zero-order valence-electron chi connectivity index (χ0n) is 14.2. The van der Waals surface area contributed by atoms with Crippen LogP contribution in [0.5, 0.6) is 0 Å². The molecule has 0 aliphatic rings. The number of ether oxygens (including phenoxy) is 1. The molecule has 134 valence electrons. The van der Waals surface area contributed by atoms with Crippen LogP contribution < -0.4 is 11.5 Å². The molecule has 3 rings (SSSR count). The third kappa shape index (κ3) is 4.17. The van der Waals surface area contributed by atoms with Gasteiger partial charge in [-0.2, -0.15) is 0 Å². The monoisotopic (exact) mass is 351 g/mol. The van der Waals surface area contributed by atoms with Crippen LogP contribution in [0.1, 0.15) is 11.1 Å². The Morgan fingerprint density at radius 3 is 2.23 bits per heavy atom. The van der Waals surface area contributed by atoms with Crippen molar-refractivity contribution >= 4 is 22.8 Å². The van der Waals surface area contributed by atoms with Crippen LogP contribution in [-0.2, 0) is 27.2 Å². The van der Waals surface area contributed by atoms with Crippen LogP contribution in [0.4, 0.5) is 0 Å². The molecule has 0 saturated heterocycles. The van der Waals surface area contributed by atoms with Gasteiger partial charge in [0.2, 0.25) is 0 Å². The zero-order chi connectivity index (χ0) is 18.5. The predicted molar refractivity (Wildman–Crippen MR) is 99.2 cm³/mol. The number of fused-ring (bicyclic) bond motifs is 1. The molecule has 2 atom stereocenters. The molecule has 0 amide bonds. The number of aromatic nitrogens is 1. The molecule has 1 heterocycles. The lowest BCUT2D eigenvalue weighted by molar-refractivity contribution is -0.161. The van der Waals surface area contributed by atoms with Crippen molar-refractivity contribution in [3.05, 3.63) is 71.9 Å². The molecule has 0 saturated carbocycles. The minimum Gasteiger partial charge on any atom is -0.391 e. The smallest absolute Gasteiger partial charge is 0.330 e. The number of nitrogens with two attached hydrogens (primary N) is 2. The molecule has 0 aliphatic heterocycles. The van der Waals surface area contributed by atoms with Crippen molar-refractivity contribution in [1.82, 2.24) is 4.98 Å². The van der Waals surface area contributed by atoms with Crippen molar-refractivity contribution in [2.45, 2.75) is 24.9 Å². The van der Waals surface area contributed by atoms with Gasteiger partial charge < -0.3 is 21.2 Å². The van der Waals surface area contributed by atoms with Gasteiger partial charge in [-0.1, -0.05) is 48.5 Å². The van der Waals surface area contributed by atoms with E-state index in [0.29, 0.717) is 6.42 Å². The van der Waals surface area contributed by atoms with E-state index in [2.05, 4.69) is 4.98 Å². The molecule has 0 radical (unpaired) electrons. The number of carbonyl (C=O) groups is 2. The number of benzene rings is 2. The van der Waals surface area contributed by atoms with Crippen molar-refractivity contribution in [3.63, 3.8) is 0 Å². The molecule has 5 N–H and O–H groups in total. The summed E-state index contributed by atoms with van der Waals surface area (Å²) in [5.41, 5.74) is 14.5. The summed E-state index contributed by atoms with van der Waals surface area (Å²) in [6.45, 7) is 0. The lowest BCUT2D eigenvalue weighted by atomic mass is 10.1. The Hall–Kier alpha value is -2.96. The molecule has 0 aliphatic carbocycles. The molecular weight excluding hydrogens is 330 g/mol. The Bertz CT molecular complexity index is 905. The van der Waals surface area contributed by atoms with Crippen LogP contribution in [0.15, 0.2) is 60.8 Å². The Labute approximate surface area is 151 Å². The quantitative estimate of drug-likeness (QED) is 0.462. The van der Waals surface area contributed by atoms with E-state index in [1.54, 1.807) is 6.20 Å². The number of H-pyrrole nitrogens is 1. The van der Waals surface area contributed by atoms with Crippen LogP contribution in [0.25, 0.3) is 10.9 Å². The van der Waals surface area contributed by atoms with Gasteiger partial charge in [-0.15, -0.1) is 0 Å². The first-order valence-electron chi connectivity index (χ1n) is 8.40. The minimum absolute atomic E-state index is 0.268. The number of carbonyl (C=O) groups excluding carboxylic acids is 2. The first-order chi connectivity index (χ1) is 12.5. The Morgan fingerprint density at radius 1 is 0.885 bits per heavy atom. The zero-order valence-corrected chi connectivity index (χ0v) is 14.2. The van der Waals surface area contributed by atoms with Gasteiger partial charge in [0.05, 0.1) is 0 Å². The topological polar surface area (TPSA) is 111 Å². The van der Waals surface area contributed by atoms with Crippen molar-refractivity contribution < 1.29 is 14.3 Å². The van der Waals surface area contributed by atoms with Crippen LogP contribution in [0.3, 0.4) is 0 Å². The number of para-hydroxylation sites is 1. The fourth-order valence-corrected chi connectivity index (χ4v) is 2.82. The molecule has 6 nitrogen and oxygen atoms in total. The Kier molecular flexibility index (Phi) is 5.46. The van der Waals surface area contributed by atoms with E-state index in [9.17, 15) is 9.59 Å². The molecule has 0 fully saturated rings. The average Bonchev–Trinajstić information content (AvgIpc) is 3.05. The highest BCUT2D eigenvalue weighted by molar-refractivity contribution is 5.91.